The van der Waals surface area contributed by atoms with E-state index in [1.54, 1.807) is 13.4 Å². The first-order valence-electron chi connectivity index (χ1n) is 9.20. The van der Waals surface area contributed by atoms with Crippen LogP contribution in [0.2, 0.25) is 5.02 Å². The molecule has 2 aromatic carbocycles. The largest absolute Gasteiger partial charge is 0.497 e. The molecule has 1 N–H and O–H groups in total. The minimum Gasteiger partial charge on any atom is -0.497 e. The van der Waals surface area contributed by atoms with E-state index in [2.05, 4.69) is 37.2 Å². The van der Waals surface area contributed by atoms with Crippen molar-refractivity contribution in [3.05, 3.63) is 65.9 Å². The number of halogens is 1. The summed E-state index contributed by atoms with van der Waals surface area (Å²) in [5.74, 6) is 2.52. The van der Waals surface area contributed by atoms with Crippen LogP contribution in [-0.2, 0) is 0 Å². The molecule has 144 valence electrons. The number of ether oxygens (including phenoxy) is 1. The van der Waals surface area contributed by atoms with E-state index in [0.717, 1.165) is 49.3 Å². The van der Waals surface area contributed by atoms with E-state index in [1.807, 2.05) is 42.5 Å². The van der Waals surface area contributed by atoms with Crippen molar-refractivity contribution in [2.45, 2.75) is 0 Å². The second-order valence-corrected chi connectivity index (χ2v) is 6.95. The van der Waals surface area contributed by atoms with E-state index in [1.165, 1.54) is 5.69 Å². The molecule has 0 unspecified atom stereocenters. The Morgan fingerprint density at radius 3 is 2.36 bits per heavy atom. The summed E-state index contributed by atoms with van der Waals surface area (Å²) in [6.45, 7) is 3.66. The molecule has 1 fully saturated rings. The van der Waals surface area contributed by atoms with Gasteiger partial charge in [0.25, 0.3) is 0 Å². The molecule has 6 nitrogen and oxygen atoms in total. The molecule has 0 radical (unpaired) electrons. The summed E-state index contributed by atoms with van der Waals surface area (Å²) in [6.07, 6.45) is 1.59. The monoisotopic (exact) mass is 395 g/mol. The number of benzene rings is 2. The number of hydrogen-bond donors (Lipinski definition) is 1. The molecule has 1 aliphatic heterocycles. The van der Waals surface area contributed by atoms with Gasteiger partial charge in [-0.2, -0.15) is 0 Å². The third-order valence-electron chi connectivity index (χ3n) is 4.83. The van der Waals surface area contributed by atoms with Crippen LogP contribution in [0.25, 0.3) is 0 Å². The van der Waals surface area contributed by atoms with Gasteiger partial charge in [0.1, 0.15) is 23.7 Å². The second kappa shape index (κ2) is 8.35. The van der Waals surface area contributed by atoms with Crippen molar-refractivity contribution in [2.75, 3.05) is 48.4 Å². The lowest BCUT2D eigenvalue weighted by molar-refractivity contribution is 0.415. The van der Waals surface area contributed by atoms with E-state index in [0.29, 0.717) is 5.02 Å². The molecule has 0 amide bonds. The molecule has 2 heterocycles. The molecule has 4 rings (SSSR count). The van der Waals surface area contributed by atoms with Gasteiger partial charge in [-0.25, -0.2) is 9.97 Å². The maximum absolute atomic E-state index is 6.23. The summed E-state index contributed by atoms with van der Waals surface area (Å²) < 4.78 is 5.24. The van der Waals surface area contributed by atoms with Gasteiger partial charge in [0.2, 0.25) is 0 Å². The Morgan fingerprint density at radius 2 is 1.64 bits per heavy atom. The first-order valence-corrected chi connectivity index (χ1v) is 9.58. The number of nitrogens with zero attached hydrogens (tertiary/aromatic N) is 4. The van der Waals surface area contributed by atoms with Crippen molar-refractivity contribution in [1.82, 2.24) is 9.97 Å². The van der Waals surface area contributed by atoms with Crippen molar-refractivity contribution in [3.63, 3.8) is 0 Å². The highest BCUT2D eigenvalue weighted by molar-refractivity contribution is 6.33. The summed E-state index contributed by atoms with van der Waals surface area (Å²) in [5, 5.41) is 3.93. The van der Waals surface area contributed by atoms with Gasteiger partial charge < -0.3 is 19.9 Å². The highest BCUT2D eigenvalue weighted by Crippen LogP contribution is 2.26. The molecular weight excluding hydrogens is 374 g/mol. The predicted molar refractivity (Wildman–Crippen MR) is 114 cm³/mol. The Labute approximate surface area is 169 Å². The Morgan fingerprint density at radius 1 is 0.929 bits per heavy atom. The fourth-order valence-electron chi connectivity index (χ4n) is 3.28. The summed E-state index contributed by atoms with van der Waals surface area (Å²) in [5.41, 5.74) is 2.04. The number of anilines is 4. The Kier molecular flexibility index (Phi) is 5.48. The van der Waals surface area contributed by atoms with E-state index >= 15 is 0 Å². The molecule has 1 saturated heterocycles. The smallest absolute Gasteiger partial charge is 0.135 e. The normalized spacial score (nSPS) is 14.1. The topological polar surface area (TPSA) is 53.5 Å². The van der Waals surface area contributed by atoms with Crippen LogP contribution in [0.4, 0.5) is 23.0 Å². The summed E-state index contributed by atoms with van der Waals surface area (Å²) in [6, 6.07) is 17.8. The van der Waals surface area contributed by atoms with E-state index in [4.69, 9.17) is 16.3 Å². The SMILES string of the molecule is COc1ccc(N2CCN(c3cc(Nc4ccccc4Cl)ncn3)CC2)cc1. The third-order valence-corrected chi connectivity index (χ3v) is 5.16. The van der Waals surface area contributed by atoms with Gasteiger partial charge in [-0.05, 0) is 36.4 Å². The van der Waals surface area contributed by atoms with E-state index in [9.17, 15) is 0 Å². The summed E-state index contributed by atoms with van der Waals surface area (Å²) >= 11 is 6.23. The van der Waals surface area contributed by atoms with Gasteiger partial charge >= 0.3 is 0 Å². The lowest BCUT2D eigenvalue weighted by Crippen LogP contribution is -2.46. The average molecular weight is 396 g/mol. The Bertz CT molecular complexity index is 926. The van der Waals surface area contributed by atoms with Crippen LogP contribution in [0.5, 0.6) is 5.75 Å². The van der Waals surface area contributed by atoms with Crippen molar-refractivity contribution in [1.29, 1.82) is 0 Å². The summed E-state index contributed by atoms with van der Waals surface area (Å²) in [4.78, 5) is 13.4. The van der Waals surface area contributed by atoms with Crippen LogP contribution in [0, 0.1) is 0 Å². The molecule has 0 bridgehead atoms. The minimum absolute atomic E-state index is 0.663. The Hall–Kier alpha value is -2.99. The first-order chi connectivity index (χ1) is 13.7. The zero-order chi connectivity index (χ0) is 19.3. The first kappa shape index (κ1) is 18.4. The fraction of sp³-hybridized carbons (Fsp3) is 0.238. The molecule has 0 spiro atoms. The number of methoxy groups -OCH3 is 1. The van der Waals surface area contributed by atoms with Crippen molar-refractivity contribution >= 4 is 34.6 Å². The molecule has 28 heavy (non-hydrogen) atoms. The van der Waals surface area contributed by atoms with E-state index in [-0.39, 0.29) is 0 Å². The van der Waals surface area contributed by atoms with Crippen molar-refractivity contribution in [2.24, 2.45) is 0 Å². The highest BCUT2D eigenvalue weighted by atomic mass is 35.5. The van der Waals surface area contributed by atoms with Gasteiger partial charge in [0.15, 0.2) is 0 Å². The van der Waals surface area contributed by atoms with Crippen LogP contribution >= 0.6 is 11.6 Å². The molecule has 0 aliphatic carbocycles. The van der Waals surface area contributed by atoms with Crippen molar-refractivity contribution < 1.29 is 4.74 Å². The number of piperazine rings is 1. The molecule has 1 aromatic heterocycles. The van der Waals surface area contributed by atoms with Gasteiger partial charge in [0, 0.05) is 37.9 Å². The van der Waals surface area contributed by atoms with Gasteiger partial charge in [-0.15, -0.1) is 0 Å². The van der Waals surface area contributed by atoms with Gasteiger partial charge in [-0.3, -0.25) is 0 Å². The molecule has 0 atom stereocenters. The van der Waals surface area contributed by atoms with E-state index < -0.39 is 0 Å². The van der Waals surface area contributed by atoms with Crippen LogP contribution in [-0.4, -0.2) is 43.3 Å². The maximum atomic E-state index is 6.23. The zero-order valence-electron chi connectivity index (χ0n) is 15.7. The number of hydrogen-bond acceptors (Lipinski definition) is 6. The average Bonchev–Trinajstić information content (AvgIpc) is 2.76. The van der Waals surface area contributed by atoms with Crippen LogP contribution in [0.3, 0.4) is 0 Å². The zero-order valence-corrected chi connectivity index (χ0v) is 16.4. The highest BCUT2D eigenvalue weighted by Gasteiger charge is 2.19. The predicted octanol–water partition coefficient (Wildman–Crippen LogP) is 4.21. The number of aromatic nitrogens is 2. The van der Waals surface area contributed by atoms with Crippen LogP contribution < -0.4 is 19.9 Å². The third kappa shape index (κ3) is 4.12. The lowest BCUT2D eigenvalue weighted by atomic mass is 10.2. The minimum atomic E-state index is 0.663. The molecule has 1 aliphatic rings. The molecule has 0 saturated carbocycles. The molecule has 3 aromatic rings. The number of para-hydroxylation sites is 1. The van der Waals surface area contributed by atoms with Crippen LogP contribution in [0.15, 0.2) is 60.9 Å². The number of rotatable bonds is 5. The fourth-order valence-corrected chi connectivity index (χ4v) is 3.46. The standard InChI is InChI=1S/C21H22ClN5O/c1-28-17-8-6-16(7-9-17)26-10-12-27(13-11-26)21-14-20(23-15-24-21)25-19-5-3-2-4-18(19)22/h2-9,14-15H,10-13H2,1H3,(H,23,24,25). The van der Waals surface area contributed by atoms with Crippen LogP contribution in [0.1, 0.15) is 0 Å². The number of nitrogens with one attached hydrogen (secondary N) is 1. The van der Waals surface area contributed by atoms with Gasteiger partial charge in [-0.1, -0.05) is 23.7 Å². The second-order valence-electron chi connectivity index (χ2n) is 6.54. The molecular formula is C21H22ClN5O. The Balaban J connectivity index is 1.41. The quantitative estimate of drug-likeness (QED) is 0.698. The molecule has 7 heteroatoms. The summed E-state index contributed by atoms with van der Waals surface area (Å²) in [7, 11) is 1.68. The maximum Gasteiger partial charge on any atom is 0.135 e. The van der Waals surface area contributed by atoms with Gasteiger partial charge in [0.05, 0.1) is 17.8 Å². The van der Waals surface area contributed by atoms with Crippen molar-refractivity contribution in [3.8, 4) is 5.75 Å². The lowest BCUT2D eigenvalue weighted by Gasteiger charge is -2.36.